The van der Waals surface area contributed by atoms with E-state index in [1.165, 1.54) is 11.3 Å². The Kier molecular flexibility index (Phi) is 7.18. The Morgan fingerprint density at radius 1 is 0.897 bits per heavy atom. The third-order valence-electron chi connectivity index (χ3n) is 8.99. The van der Waals surface area contributed by atoms with Crippen molar-refractivity contribution in [3.63, 3.8) is 0 Å². The maximum atomic E-state index is 13.0. The molecule has 6 rings (SSSR count). The number of fused-ring (bicyclic) bond motifs is 1. The molecule has 2 saturated heterocycles. The normalized spacial score (nSPS) is 24.5. The number of carbonyl (C=O) groups is 1. The van der Waals surface area contributed by atoms with Gasteiger partial charge >= 0.3 is 0 Å². The Bertz CT molecular complexity index is 1320. The van der Waals surface area contributed by atoms with Gasteiger partial charge in [-0.05, 0) is 77.1 Å². The third kappa shape index (κ3) is 5.33. The Balaban J connectivity index is 1.03. The molecule has 1 unspecified atom stereocenters. The number of piperazine rings is 1. The summed E-state index contributed by atoms with van der Waals surface area (Å²) in [5.41, 5.74) is 4.46. The highest BCUT2D eigenvalue weighted by Crippen LogP contribution is 2.37. The number of amides is 1. The summed E-state index contributed by atoms with van der Waals surface area (Å²) in [6.45, 7) is 11.5. The minimum atomic E-state index is 0.110. The second-order valence-corrected chi connectivity index (χ2v) is 11.7. The molecule has 1 aliphatic carbocycles. The van der Waals surface area contributed by atoms with Gasteiger partial charge in [0.2, 0.25) is 5.91 Å². The molecule has 0 spiro atoms. The van der Waals surface area contributed by atoms with Crippen LogP contribution in [0.4, 0.5) is 5.69 Å². The van der Waals surface area contributed by atoms with Crippen molar-refractivity contribution in [3.05, 3.63) is 47.0 Å². The first-order valence-electron chi connectivity index (χ1n) is 14.5. The van der Waals surface area contributed by atoms with Crippen molar-refractivity contribution in [2.45, 2.75) is 64.9 Å². The lowest BCUT2D eigenvalue weighted by atomic mass is 9.78. The van der Waals surface area contributed by atoms with Crippen molar-refractivity contribution in [1.29, 1.82) is 0 Å². The zero-order valence-electron chi connectivity index (χ0n) is 23.8. The molecule has 3 aromatic rings. The molecule has 3 aliphatic rings. The molecule has 3 fully saturated rings. The van der Waals surface area contributed by atoms with Crippen LogP contribution in [0.25, 0.3) is 5.78 Å². The lowest BCUT2D eigenvalue weighted by molar-refractivity contribution is -0.138. The summed E-state index contributed by atoms with van der Waals surface area (Å²) < 4.78 is 8.25. The molecule has 4 heterocycles. The number of carbonyl (C=O) groups excluding carboxylic acids is 1. The minimum absolute atomic E-state index is 0.110. The van der Waals surface area contributed by atoms with E-state index in [1.807, 2.05) is 20.8 Å². The molecule has 1 saturated carbocycles. The van der Waals surface area contributed by atoms with Crippen LogP contribution in [-0.2, 0) is 4.79 Å². The second-order valence-electron chi connectivity index (χ2n) is 11.7. The van der Waals surface area contributed by atoms with Crippen molar-refractivity contribution in [2.75, 3.05) is 51.2 Å². The Morgan fingerprint density at radius 2 is 1.62 bits per heavy atom. The molecule has 9 heteroatoms. The molecule has 208 valence electrons. The number of ether oxygens (including phenoxy) is 1. The first-order chi connectivity index (χ1) is 18.9. The summed E-state index contributed by atoms with van der Waals surface area (Å²) in [5.74, 6) is 3.31. The van der Waals surface area contributed by atoms with Gasteiger partial charge in [0.25, 0.3) is 5.78 Å². The van der Waals surface area contributed by atoms with Crippen LogP contribution in [0.5, 0.6) is 5.75 Å². The topological polar surface area (TPSA) is 79.1 Å². The first kappa shape index (κ1) is 26.0. The van der Waals surface area contributed by atoms with Crippen LogP contribution in [0.3, 0.4) is 0 Å². The maximum Gasteiger partial charge on any atom is 0.253 e. The van der Waals surface area contributed by atoms with Gasteiger partial charge < -0.3 is 19.4 Å². The maximum absolute atomic E-state index is 13.0. The van der Waals surface area contributed by atoms with Crippen LogP contribution < -0.4 is 9.64 Å². The number of likely N-dealkylation sites (N-methyl/N-ethyl adjacent to an activating group) is 1. The van der Waals surface area contributed by atoms with Crippen molar-refractivity contribution in [3.8, 4) is 5.75 Å². The standard InChI is InChI=1S/C30H41N7O2/c1-20-28(21(2)37-30(31-20)32-22(3)33-37)39-27-13-14-36(19-27)26-11-9-24(10-12-26)23-5-7-25(8-6-23)29(38)35-17-15-34(4)16-18-35/h9-12,23,25,27H,5-8,13-19H2,1-4H3. The molecule has 0 radical (unpaired) electrons. The number of hydrogen-bond donors (Lipinski definition) is 0. The summed E-state index contributed by atoms with van der Waals surface area (Å²) in [6.07, 6.45) is 5.31. The highest BCUT2D eigenvalue weighted by Gasteiger charge is 2.31. The number of benzene rings is 1. The van der Waals surface area contributed by atoms with E-state index in [2.05, 4.69) is 61.1 Å². The predicted molar refractivity (Wildman–Crippen MR) is 151 cm³/mol. The zero-order valence-corrected chi connectivity index (χ0v) is 23.8. The van der Waals surface area contributed by atoms with Crippen molar-refractivity contribution >= 4 is 17.4 Å². The molecule has 2 aliphatic heterocycles. The number of aryl methyl sites for hydroxylation is 3. The summed E-state index contributed by atoms with van der Waals surface area (Å²) in [4.78, 5) is 28.8. The van der Waals surface area contributed by atoms with E-state index < -0.39 is 0 Å². The number of rotatable bonds is 5. The molecule has 1 amide bonds. The average Bonchev–Trinajstić information content (AvgIpc) is 3.57. The van der Waals surface area contributed by atoms with Crippen LogP contribution in [0, 0.1) is 26.7 Å². The summed E-state index contributed by atoms with van der Waals surface area (Å²) >= 11 is 0. The van der Waals surface area contributed by atoms with Gasteiger partial charge in [-0.15, -0.1) is 5.10 Å². The van der Waals surface area contributed by atoms with Gasteiger partial charge in [-0.2, -0.15) is 9.50 Å². The smallest absolute Gasteiger partial charge is 0.253 e. The quantitative estimate of drug-likeness (QED) is 0.496. The molecule has 2 aromatic heterocycles. The average molecular weight is 532 g/mol. The van der Waals surface area contributed by atoms with E-state index in [0.717, 1.165) is 88.5 Å². The molecular formula is C30H41N7O2. The van der Waals surface area contributed by atoms with Crippen LogP contribution in [0.15, 0.2) is 24.3 Å². The number of nitrogens with zero attached hydrogens (tertiary/aromatic N) is 7. The highest BCUT2D eigenvalue weighted by molar-refractivity contribution is 5.79. The largest absolute Gasteiger partial charge is 0.485 e. The lowest BCUT2D eigenvalue weighted by Gasteiger charge is -2.36. The van der Waals surface area contributed by atoms with Gasteiger partial charge in [0.15, 0.2) is 5.75 Å². The van der Waals surface area contributed by atoms with Gasteiger partial charge in [-0.3, -0.25) is 4.79 Å². The Hall–Kier alpha value is -3.20. The highest BCUT2D eigenvalue weighted by atomic mass is 16.5. The van der Waals surface area contributed by atoms with E-state index in [9.17, 15) is 4.79 Å². The Labute approximate surface area is 231 Å². The predicted octanol–water partition coefficient (Wildman–Crippen LogP) is 3.76. The van der Waals surface area contributed by atoms with Gasteiger partial charge in [0.05, 0.1) is 17.9 Å². The fraction of sp³-hybridized carbons (Fsp3) is 0.600. The molecule has 39 heavy (non-hydrogen) atoms. The SMILES string of the molecule is Cc1nc2nc(C)c(OC3CCN(c4ccc(C5CCC(C(=O)N6CCN(C)CC6)CC5)cc4)C3)c(C)n2n1. The van der Waals surface area contributed by atoms with E-state index in [1.54, 1.807) is 4.52 Å². The molecular weight excluding hydrogens is 490 g/mol. The van der Waals surface area contributed by atoms with Gasteiger partial charge in [-0.1, -0.05) is 12.1 Å². The third-order valence-corrected chi connectivity index (χ3v) is 8.99. The van der Waals surface area contributed by atoms with Crippen LogP contribution in [0.1, 0.15) is 60.8 Å². The van der Waals surface area contributed by atoms with E-state index >= 15 is 0 Å². The fourth-order valence-corrected chi connectivity index (χ4v) is 6.57. The second kappa shape index (κ2) is 10.8. The minimum Gasteiger partial charge on any atom is -0.485 e. The Morgan fingerprint density at radius 3 is 2.33 bits per heavy atom. The van der Waals surface area contributed by atoms with Crippen LogP contribution in [-0.4, -0.2) is 87.7 Å². The van der Waals surface area contributed by atoms with Gasteiger partial charge in [0, 0.05) is 50.7 Å². The van der Waals surface area contributed by atoms with Crippen LogP contribution >= 0.6 is 0 Å². The van der Waals surface area contributed by atoms with Crippen molar-refractivity contribution in [1.82, 2.24) is 29.4 Å². The first-order valence-corrected chi connectivity index (χ1v) is 14.5. The van der Waals surface area contributed by atoms with Crippen molar-refractivity contribution < 1.29 is 9.53 Å². The molecule has 1 aromatic carbocycles. The van der Waals surface area contributed by atoms with Crippen molar-refractivity contribution in [2.24, 2.45) is 5.92 Å². The van der Waals surface area contributed by atoms with E-state index in [4.69, 9.17) is 4.74 Å². The van der Waals surface area contributed by atoms with Crippen LogP contribution in [0.2, 0.25) is 0 Å². The molecule has 9 nitrogen and oxygen atoms in total. The fourth-order valence-electron chi connectivity index (χ4n) is 6.57. The van der Waals surface area contributed by atoms with E-state index in [-0.39, 0.29) is 12.0 Å². The summed E-state index contributed by atoms with van der Waals surface area (Å²) in [7, 11) is 2.13. The summed E-state index contributed by atoms with van der Waals surface area (Å²) in [5, 5.41) is 4.47. The van der Waals surface area contributed by atoms with Gasteiger partial charge in [0.1, 0.15) is 11.9 Å². The lowest BCUT2D eigenvalue weighted by Crippen LogP contribution is -2.49. The van der Waals surface area contributed by atoms with E-state index in [0.29, 0.717) is 23.4 Å². The molecule has 0 bridgehead atoms. The molecule has 1 atom stereocenters. The zero-order chi connectivity index (χ0) is 27.1. The monoisotopic (exact) mass is 531 g/mol. The number of aromatic nitrogens is 4. The number of hydrogen-bond acceptors (Lipinski definition) is 7. The van der Waals surface area contributed by atoms with Gasteiger partial charge in [-0.25, -0.2) is 4.98 Å². The molecule has 0 N–H and O–H groups in total. The number of anilines is 1. The summed E-state index contributed by atoms with van der Waals surface area (Å²) in [6, 6.07) is 9.13.